The zero-order valence-electron chi connectivity index (χ0n) is 20.9. The molecule has 4 aromatic rings. The normalized spacial score (nSPS) is 16.4. The van der Waals surface area contributed by atoms with Crippen LogP contribution in [0.4, 0.5) is 8.63 Å². The highest BCUT2D eigenvalue weighted by Gasteiger charge is 2.57. The van der Waals surface area contributed by atoms with Gasteiger partial charge in [0.1, 0.15) is 5.71 Å². The van der Waals surface area contributed by atoms with E-state index in [0.29, 0.717) is 27.8 Å². The Morgan fingerprint density at radius 2 is 1.30 bits per heavy atom. The molecule has 8 heteroatoms. The Kier molecular flexibility index (Phi) is 5.32. The highest BCUT2D eigenvalue weighted by molar-refractivity contribution is 6.59. The molecule has 0 bridgehead atoms. The Morgan fingerprint density at radius 1 is 0.757 bits per heavy atom. The molecule has 0 fully saturated rings. The van der Waals surface area contributed by atoms with Gasteiger partial charge in [0.15, 0.2) is 5.70 Å². The average Bonchev–Trinajstić information content (AvgIpc) is 3.31. The van der Waals surface area contributed by atoms with Gasteiger partial charge < -0.3 is 17.6 Å². The molecule has 3 aromatic heterocycles. The Hall–Kier alpha value is -3.84. The lowest BCUT2D eigenvalue weighted by molar-refractivity contribution is -0.363. The van der Waals surface area contributed by atoms with E-state index in [1.165, 1.54) is 8.96 Å². The third-order valence-electron chi connectivity index (χ3n) is 7.55. The standard InChI is InChI=1S/C29H24BClF2N4/c1-17-25(22-9-13-34-14-10-22)19(3)36-28(17)27(21-5-7-24(31)8-6-21)29-18(2)26(23-11-15-35-16-12-23)20(4)37(29)30(36,32)33/h5-16H,1-4H3. The summed E-state index contributed by atoms with van der Waals surface area (Å²) in [5.74, 6) is 0. The molecule has 184 valence electrons. The zero-order valence-corrected chi connectivity index (χ0v) is 21.7. The van der Waals surface area contributed by atoms with Crippen molar-refractivity contribution in [3.05, 3.63) is 118 Å². The fourth-order valence-corrected chi connectivity index (χ4v) is 6.24. The Morgan fingerprint density at radius 3 is 1.89 bits per heavy atom. The van der Waals surface area contributed by atoms with Crippen molar-refractivity contribution in [2.45, 2.75) is 27.7 Å². The molecule has 2 aliphatic rings. The number of hydrogen-bond acceptors (Lipinski definition) is 2. The smallest absolute Gasteiger partial charge is 0.393 e. The molecule has 4 nitrogen and oxygen atoms in total. The molecule has 1 aromatic carbocycles. The number of rotatable bonds is 3. The number of aromatic nitrogens is 3. The lowest BCUT2D eigenvalue weighted by atomic mass is 9.83. The first-order valence-electron chi connectivity index (χ1n) is 12.1. The predicted octanol–water partition coefficient (Wildman–Crippen LogP) is 7.17. The maximum absolute atomic E-state index is 16.8. The first-order valence-corrected chi connectivity index (χ1v) is 12.5. The minimum absolute atomic E-state index is 0.525. The fraction of sp³-hybridized carbons (Fsp3) is 0.138. The number of fused-ring (bicyclic) bond motifs is 2. The van der Waals surface area contributed by atoms with Crippen LogP contribution in [-0.2, 0) is 0 Å². The number of halogens is 3. The van der Waals surface area contributed by atoms with Gasteiger partial charge in [-0.2, -0.15) is 0 Å². The number of nitrogens with zero attached hydrogens (tertiary/aromatic N) is 4. The molecule has 0 radical (unpaired) electrons. The van der Waals surface area contributed by atoms with E-state index in [1.54, 1.807) is 50.8 Å². The van der Waals surface area contributed by atoms with Crippen molar-refractivity contribution in [3.63, 3.8) is 0 Å². The zero-order chi connectivity index (χ0) is 26.1. The highest BCUT2D eigenvalue weighted by Crippen LogP contribution is 2.49. The first kappa shape index (κ1) is 23.6. The van der Waals surface area contributed by atoms with Crippen LogP contribution in [0.3, 0.4) is 0 Å². The molecule has 0 unspecified atom stereocenters. The van der Waals surface area contributed by atoms with E-state index in [9.17, 15) is 0 Å². The number of pyridine rings is 2. The Labute approximate surface area is 219 Å². The van der Waals surface area contributed by atoms with Gasteiger partial charge in [-0.05, 0) is 85.1 Å². The summed E-state index contributed by atoms with van der Waals surface area (Å²) >= 11 is 6.23. The molecule has 6 rings (SSSR count). The second-order valence-electron chi connectivity index (χ2n) is 9.55. The summed E-state index contributed by atoms with van der Waals surface area (Å²) < 4.78 is 36.1. The fourth-order valence-electron chi connectivity index (χ4n) is 6.12. The van der Waals surface area contributed by atoms with E-state index in [-0.39, 0.29) is 0 Å². The van der Waals surface area contributed by atoms with Crippen LogP contribution < -0.4 is 0 Å². The van der Waals surface area contributed by atoms with Crippen molar-refractivity contribution in [1.29, 1.82) is 0 Å². The summed E-state index contributed by atoms with van der Waals surface area (Å²) in [6.07, 6.45) is 6.76. The van der Waals surface area contributed by atoms with Gasteiger partial charge >= 0.3 is 6.97 Å². The van der Waals surface area contributed by atoms with Gasteiger partial charge in [-0.15, -0.1) is 0 Å². The van der Waals surface area contributed by atoms with Gasteiger partial charge in [-0.3, -0.25) is 9.97 Å². The van der Waals surface area contributed by atoms with E-state index in [1.807, 2.05) is 50.2 Å². The molecular weight excluding hydrogens is 489 g/mol. The third kappa shape index (κ3) is 3.30. The third-order valence-corrected chi connectivity index (χ3v) is 7.81. The highest BCUT2D eigenvalue weighted by atomic mass is 35.5. The SMILES string of the molecule is CC1=C(c2ccncc2)C(C)=[N+]2C1=C(c1ccc(Cl)cc1)c1c(C)c(-c3ccncc3)c(C)n1[B-]2(F)F. The predicted molar refractivity (Wildman–Crippen MR) is 146 cm³/mol. The van der Waals surface area contributed by atoms with Gasteiger partial charge in [0.05, 0.1) is 11.1 Å². The van der Waals surface area contributed by atoms with Gasteiger partial charge in [-0.25, -0.2) is 0 Å². The van der Waals surface area contributed by atoms with Crippen molar-refractivity contribution in [3.8, 4) is 11.1 Å². The van der Waals surface area contributed by atoms with E-state index < -0.39 is 6.97 Å². The number of hydrogen-bond donors (Lipinski definition) is 0. The molecule has 0 amide bonds. The summed E-state index contributed by atoms with van der Waals surface area (Å²) in [6, 6.07) is 14.9. The summed E-state index contributed by atoms with van der Waals surface area (Å²) in [7, 11) is 0. The molecule has 0 atom stereocenters. The van der Waals surface area contributed by atoms with Crippen LogP contribution in [-0.4, -0.2) is 31.6 Å². The van der Waals surface area contributed by atoms with Crippen LogP contribution in [0.5, 0.6) is 0 Å². The summed E-state index contributed by atoms with van der Waals surface area (Å²) in [5, 5.41) is 0.594. The maximum atomic E-state index is 16.8. The van der Waals surface area contributed by atoms with E-state index in [4.69, 9.17) is 11.6 Å². The van der Waals surface area contributed by atoms with Crippen LogP contribution in [0.25, 0.3) is 22.3 Å². The van der Waals surface area contributed by atoms with Crippen LogP contribution >= 0.6 is 11.6 Å². The molecule has 0 spiro atoms. The molecule has 37 heavy (non-hydrogen) atoms. The monoisotopic (exact) mass is 512 g/mol. The lowest BCUT2D eigenvalue weighted by Gasteiger charge is -2.34. The molecule has 2 aliphatic heterocycles. The van der Waals surface area contributed by atoms with Gasteiger partial charge in [0.2, 0.25) is 0 Å². The topological polar surface area (TPSA) is 33.7 Å². The second kappa shape index (κ2) is 8.35. The quantitative estimate of drug-likeness (QED) is 0.273. The Balaban J connectivity index is 1.77. The van der Waals surface area contributed by atoms with Crippen LogP contribution in [0.2, 0.25) is 5.02 Å². The minimum Gasteiger partial charge on any atom is -0.393 e. The molecule has 0 saturated carbocycles. The van der Waals surface area contributed by atoms with Crippen molar-refractivity contribution < 1.29 is 13.1 Å². The van der Waals surface area contributed by atoms with Crippen LogP contribution in [0.1, 0.15) is 41.9 Å². The molecular formula is C29H24BClF2N4. The lowest BCUT2D eigenvalue weighted by Crippen LogP contribution is -2.51. The van der Waals surface area contributed by atoms with E-state index in [2.05, 4.69) is 9.97 Å². The molecule has 0 aliphatic carbocycles. The van der Waals surface area contributed by atoms with E-state index >= 15 is 8.63 Å². The number of benzene rings is 1. The van der Waals surface area contributed by atoms with Crippen LogP contribution in [0, 0.1) is 13.8 Å². The summed E-state index contributed by atoms with van der Waals surface area (Å²) in [6.45, 7) is 3.23. The Bertz CT molecular complexity index is 1670. The van der Waals surface area contributed by atoms with Crippen molar-refractivity contribution >= 4 is 35.4 Å². The van der Waals surface area contributed by atoms with Crippen molar-refractivity contribution in [2.75, 3.05) is 0 Å². The maximum Gasteiger partial charge on any atom is 0.737 e. The minimum atomic E-state index is -4.19. The van der Waals surface area contributed by atoms with E-state index in [0.717, 1.165) is 44.5 Å². The first-order chi connectivity index (χ1) is 17.7. The largest absolute Gasteiger partial charge is 0.737 e. The molecule has 5 heterocycles. The summed E-state index contributed by atoms with van der Waals surface area (Å²) in [5.41, 5.74) is 8.69. The van der Waals surface area contributed by atoms with Crippen molar-refractivity contribution in [2.24, 2.45) is 0 Å². The van der Waals surface area contributed by atoms with Crippen LogP contribution in [0.15, 0.2) is 84.6 Å². The van der Waals surface area contributed by atoms with Gasteiger partial charge in [-0.1, -0.05) is 23.7 Å². The second-order valence-corrected chi connectivity index (χ2v) is 9.99. The molecule has 0 N–H and O–H groups in total. The molecule has 0 saturated heterocycles. The van der Waals surface area contributed by atoms with Crippen molar-refractivity contribution in [1.82, 2.24) is 14.4 Å². The number of allylic oxidation sites excluding steroid dienone is 2. The van der Waals surface area contributed by atoms with Gasteiger partial charge in [0, 0.05) is 53.6 Å². The average molecular weight is 513 g/mol. The summed E-state index contributed by atoms with van der Waals surface area (Å²) in [4.78, 5) is 8.24. The van der Waals surface area contributed by atoms with Gasteiger partial charge in [0.25, 0.3) is 0 Å².